The minimum atomic E-state index is -0.469. The Hall–Kier alpha value is -1.89. The average molecular weight is 285 g/mol. The van der Waals surface area contributed by atoms with E-state index in [1.165, 1.54) is 13.4 Å². The lowest BCUT2D eigenvalue weighted by atomic mass is 10.3. The molecule has 1 aromatic heterocycles. The topological polar surface area (TPSA) is 84.4 Å². The van der Waals surface area contributed by atoms with Crippen molar-refractivity contribution in [2.45, 2.75) is 12.5 Å². The van der Waals surface area contributed by atoms with E-state index < -0.39 is 6.09 Å². The van der Waals surface area contributed by atoms with E-state index in [9.17, 15) is 9.59 Å². The van der Waals surface area contributed by atoms with E-state index in [0.717, 1.165) is 6.42 Å². The Balaban J connectivity index is 2.11. The Morgan fingerprint density at radius 3 is 3.11 bits per heavy atom. The highest BCUT2D eigenvalue weighted by Crippen LogP contribution is 2.24. The van der Waals surface area contributed by atoms with Gasteiger partial charge in [-0.3, -0.25) is 4.79 Å². The second-order valence-corrected chi connectivity index (χ2v) is 4.45. The Morgan fingerprint density at radius 1 is 1.63 bits per heavy atom. The largest absolute Gasteiger partial charge is 0.453 e. The van der Waals surface area contributed by atoms with Gasteiger partial charge in [-0.05, 0) is 6.42 Å². The Labute approximate surface area is 114 Å². The summed E-state index contributed by atoms with van der Waals surface area (Å²) in [6.45, 7) is 1.21. The van der Waals surface area contributed by atoms with Gasteiger partial charge in [-0.15, -0.1) is 0 Å². The van der Waals surface area contributed by atoms with Gasteiger partial charge in [0.25, 0.3) is 0 Å². The molecule has 0 saturated carbocycles. The summed E-state index contributed by atoms with van der Waals surface area (Å²) in [4.78, 5) is 31.9. The third-order valence-corrected chi connectivity index (χ3v) is 3.23. The van der Waals surface area contributed by atoms with Gasteiger partial charge in [0.1, 0.15) is 17.3 Å². The lowest BCUT2D eigenvalue weighted by molar-refractivity contribution is 0.112. The molecule has 1 fully saturated rings. The number of carbonyl (C=O) groups is 2. The maximum Gasteiger partial charge on any atom is 0.407 e. The number of alkyl carbamates (subject to hydrolysis) is 1. The van der Waals surface area contributed by atoms with Gasteiger partial charge < -0.3 is 15.0 Å². The van der Waals surface area contributed by atoms with Gasteiger partial charge >= 0.3 is 6.09 Å². The van der Waals surface area contributed by atoms with Gasteiger partial charge in [-0.25, -0.2) is 14.8 Å². The highest BCUT2D eigenvalue weighted by Gasteiger charge is 2.27. The van der Waals surface area contributed by atoms with Crippen LogP contribution in [0.1, 0.15) is 16.8 Å². The number of nitrogens with zero attached hydrogens (tertiary/aromatic N) is 3. The van der Waals surface area contributed by atoms with Gasteiger partial charge in [-0.1, -0.05) is 11.6 Å². The fraction of sp³-hybridized carbons (Fsp3) is 0.455. The van der Waals surface area contributed by atoms with Crippen LogP contribution in [0.3, 0.4) is 0 Å². The first kappa shape index (κ1) is 13.5. The van der Waals surface area contributed by atoms with Crippen LogP contribution >= 0.6 is 11.6 Å². The van der Waals surface area contributed by atoms with Crippen molar-refractivity contribution >= 4 is 29.8 Å². The van der Waals surface area contributed by atoms with Crippen LogP contribution in [0.5, 0.6) is 0 Å². The van der Waals surface area contributed by atoms with Crippen LogP contribution in [0.25, 0.3) is 0 Å². The summed E-state index contributed by atoms with van der Waals surface area (Å²) in [6, 6.07) is -0.0410. The molecule has 2 rings (SSSR count). The number of rotatable bonds is 3. The summed E-state index contributed by atoms with van der Waals surface area (Å²) in [5.74, 6) is 0.490. The first-order valence-electron chi connectivity index (χ1n) is 5.70. The van der Waals surface area contributed by atoms with Crippen LogP contribution in [-0.2, 0) is 4.74 Å². The SMILES string of the molecule is COC(=O)NC1CCN(c2ncnc(Cl)c2C=O)C1. The van der Waals surface area contributed by atoms with Crippen molar-refractivity contribution < 1.29 is 14.3 Å². The third kappa shape index (κ3) is 2.93. The Kier molecular flexibility index (Phi) is 4.16. The van der Waals surface area contributed by atoms with Crippen LogP contribution in [-0.4, -0.2) is 48.6 Å². The molecule has 0 radical (unpaired) electrons. The zero-order valence-electron chi connectivity index (χ0n) is 10.3. The molecule has 2 heterocycles. The summed E-state index contributed by atoms with van der Waals surface area (Å²) in [7, 11) is 1.32. The summed E-state index contributed by atoms with van der Waals surface area (Å²) < 4.78 is 4.55. The predicted octanol–water partition coefficient (Wildman–Crippen LogP) is 0.877. The van der Waals surface area contributed by atoms with E-state index in [1.54, 1.807) is 0 Å². The maximum absolute atomic E-state index is 11.1. The molecule has 1 aliphatic heterocycles. The first-order valence-corrected chi connectivity index (χ1v) is 6.08. The first-order chi connectivity index (χ1) is 9.15. The molecule has 1 saturated heterocycles. The zero-order valence-corrected chi connectivity index (χ0v) is 11.1. The molecule has 1 amide bonds. The van der Waals surface area contributed by atoms with Crippen molar-refractivity contribution in [3.05, 3.63) is 17.0 Å². The molecule has 1 aliphatic rings. The van der Waals surface area contributed by atoms with E-state index >= 15 is 0 Å². The number of nitrogens with one attached hydrogen (secondary N) is 1. The number of aromatic nitrogens is 2. The van der Waals surface area contributed by atoms with Crippen molar-refractivity contribution in [3.8, 4) is 0 Å². The van der Waals surface area contributed by atoms with Gasteiger partial charge in [0.15, 0.2) is 6.29 Å². The molecule has 0 aromatic carbocycles. The van der Waals surface area contributed by atoms with Crippen LogP contribution in [0.15, 0.2) is 6.33 Å². The number of amides is 1. The number of anilines is 1. The van der Waals surface area contributed by atoms with E-state index in [2.05, 4.69) is 20.0 Å². The highest BCUT2D eigenvalue weighted by molar-refractivity contribution is 6.32. The smallest absolute Gasteiger partial charge is 0.407 e. The maximum atomic E-state index is 11.1. The van der Waals surface area contributed by atoms with Gasteiger partial charge in [0.05, 0.1) is 18.7 Å². The normalized spacial score (nSPS) is 18.2. The van der Waals surface area contributed by atoms with Crippen molar-refractivity contribution in [2.24, 2.45) is 0 Å². The van der Waals surface area contributed by atoms with Crippen LogP contribution in [0.2, 0.25) is 5.15 Å². The molecular formula is C11H13ClN4O3. The number of carbonyl (C=O) groups excluding carboxylic acids is 2. The molecule has 8 heteroatoms. The molecule has 19 heavy (non-hydrogen) atoms. The quantitative estimate of drug-likeness (QED) is 0.655. The average Bonchev–Trinajstić information content (AvgIpc) is 2.86. The third-order valence-electron chi connectivity index (χ3n) is 2.93. The van der Waals surface area contributed by atoms with Crippen molar-refractivity contribution in [1.82, 2.24) is 15.3 Å². The van der Waals surface area contributed by atoms with Crippen molar-refractivity contribution in [3.63, 3.8) is 0 Å². The monoisotopic (exact) mass is 284 g/mol. The molecule has 1 atom stereocenters. The Bertz CT molecular complexity index is 497. The van der Waals surface area contributed by atoms with Gasteiger partial charge in [-0.2, -0.15) is 0 Å². The molecule has 1 N–H and O–H groups in total. The van der Waals surface area contributed by atoms with Crippen molar-refractivity contribution in [1.29, 1.82) is 0 Å². The summed E-state index contributed by atoms with van der Waals surface area (Å²) >= 11 is 5.85. The molecule has 0 aliphatic carbocycles. The molecule has 102 valence electrons. The fourth-order valence-electron chi connectivity index (χ4n) is 2.01. The van der Waals surface area contributed by atoms with E-state index in [4.69, 9.17) is 11.6 Å². The van der Waals surface area contributed by atoms with E-state index in [0.29, 0.717) is 25.2 Å². The zero-order chi connectivity index (χ0) is 13.8. The molecular weight excluding hydrogens is 272 g/mol. The minimum Gasteiger partial charge on any atom is -0.453 e. The number of aldehydes is 1. The standard InChI is InChI=1S/C11H13ClN4O3/c1-19-11(18)15-7-2-3-16(4-7)10-8(5-17)9(12)13-6-14-10/h5-7H,2-4H2,1H3,(H,15,18). The van der Waals surface area contributed by atoms with E-state index in [1.807, 2.05) is 4.90 Å². The molecule has 1 aromatic rings. The second kappa shape index (κ2) is 5.83. The van der Waals surface area contributed by atoms with Crippen LogP contribution in [0, 0.1) is 0 Å². The molecule has 7 nitrogen and oxygen atoms in total. The highest BCUT2D eigenvalue weighted by atomic mass is 35.5. The summed E-state index contributed by atoms with van der Waals surface area (Å²) in [5.41, 5.74) is 0.267. The van der Waals surface area contributed by atoms with Gasteiger partial charge in [0, 0.05) is 13.1 Å². The summed E-state index contributed by atoms with van der Waals surface area (Å²) in [6.07, 6.45) is 2.22. The Morgan fingerprint density at radius 2 is 2.42 bits per heavy atom. The lowest BCUT2D eigenvalue weighted by Crippen LogP contribution is -2.37. The van der Waals surface area contributed by atoms with Crippen LogP contribution in [0.4, 0.5) is 10.6 Å². The number of methoxy groups -OCH3 is 1. The number of halogens is 1. The predicted molar refractivity (Wildman–Crippen MR) is 68.6 cm³/mol. The summed E-state index contributed by atoms with van der Waals surface area (Å²) in [5, 5.41) is 2.84. The van der Waals surface area contributed by atoms with Crippen LogP contribution < -0.4 is 10.2 Å². The lowest BCUT2D eigenvalue weighted by Gasteiger charge is -2.19. The number of ether oxygens (including phenoxy) is 1. The van der Waals surface area contributed by atoms with E-state index in [-0.39, 0.29) is 16.8 Å². The number of hydrogen-bond acceptors (Lipinski definition) is 6. The molecule has 1 unspecified atom stereocenters. The number of hydrogen-bond donors (Lipinski definition) is 1. The fourth-order valence-corrected chi connectivity index (χ4v) is 2.19. The van der Waals surface area contributed by atoms with Crippen molar-refractivity contribution in [2.75, 3.05) is 25.1 Å². The molecule has 0 bridgehead atoms. The minimum absolute atomic E-state index is 0.0410. The molecule has 0 spiro atoms. The van der Waals surface area contributed by atoms with Gasteiger partial charge in [0.2, 0.25) is 0 Å². The second-order valence-electron chi connectivity index (χ2n) is 4.09.